The van der Waals surface area contributed by atoms with E-state index in [1.54, 1.807) is 40.3 Å². The molecule has 0 bridgehead atoms. The number of aliphatic hydroxyl groups excluding tert-OH is 1. The molecule has 0 aliphatic heterocycles. The second kappa shape index (κ2) is 8.64. The highest BCUT2D eigenvalue weighted by Crippen LogP contribution is 2.26. The maximum atomic E-state index is 12.2. The Labute approximate surface area is 171 Å². The van der Waals surface area contributed by atoms with Gasteiger partial charge in [0.25, 0.3) is 5.91 Å². The first-order valence-electron chi connectivity index (χ1n) is 8.97. The summed E-state index contributed by atoms with van der Waals surface area (Å²) in [6.07, 6.45) is 2.11. The van der Waals surface area contributed by atoms with E-state index in [9.17, 15) is 9.90 Å². The molecular formula is C22H18N4O2S. The van der Waals surface area contributed by atoms with Gasteiger partial charge in [-0.15, -0.1) is 11.3 Å². The molecule has 0 radical (unpaired) electrons. The zero-order chi connectivity index (χ0) is 20.1. The van der Waals surface area contributed by atoms with Crippen LogP contribution in [0.2, 0.25) is 0 Å². The second-order valence-electron chi connectivity index (χ2n) is 6.24. The maximum absolute atomic E-state index is 12.2. The molecule has 4 rings (SSSR count). The van der Waals surface area contributed by atoms with E-state index in [1.807, 2.05) is 60.1 Å². The molecule has 2 aromatic heterocycles. The van der Waals surface area contributed by atoms with Crippen molar-refractivity contribution in [2.24, 2.45) is 5.10 Å². The lowest BCUT2D eigenvalue weighted by Crippen LogP contribution is -2.25. The smallest absolute Gasteiger partial charge is 0.273 e. The van der Waals surface area contributed by atoms with Crippen LogP contribution in [0.25, 0.3) is 16.3 Å². The zero-order valence-corrected chi connectivity index (χ0v) is 16.2. The summed E-state index contributed by atoms with van der Waals surface area (Å²) < 4.78 is 1.77. The summed E-state index contributed by atoms with van der Waals surface area (Å²) >= 11 is 1.58. The van der Waals surface area contributed by atoms with Crippen LogP contribution in [0.15, 0.2) is 89.5 Å². The van der Waals surface area contributed by atoms with Crippen molar-refractivity contribution in [1.29, 1.82) is 0 Å². The topological polar surface area (TPSA) is 79.5 Å². The van der Waals surface area contributed by atoms with E-state index in [-0.39, 0.29) is 0 Å². The van der Waals surface area contributed by atoms with E-state index in [1.165, 1.54) is 6.21 Å². The Bertz CT molecular complexity index is 1110. The molecular weight excluding hydrogens is 384 g/mol. The second-order valence-corrected chi connectivity index (χ2v) is 7.19. The van der Waals surface area contributed by atoms with E-state index in [2.05, 4.69) is 15.6 Å². The number of rotatable bonds is 6. The Kier molecular flexibility index (Phi) is 5.60. The van der Waals surface area contributed by atoms with Gasteiger partial charge < -0.3 is 5.11 Å². The van der Waals surface area contributed by atoms with Gasteiger partial charge in [-0.2, -0.15) is 10.2 Å². The third-order valence-electron chi connectivity index (χ3n) is 4.26. The minimum absolute atomic E-state index is 0.511. The highest BCUT2D eigenvalue weighted by Gasteiger charge is 2.16. The van der Waals surface area contributed by atoms with Crippen LogP contribution >= 0.6 is 11.3 Å². The molecule has 2 aromatic carbocycles. The van der Waals surface area contributed by atoms with E-state index in [0.29, 0.717) is 5.56 Å². The third-order valence-corrected chi connectivity index (χ3v) is 5.14. The first-order valence-corrected chi connectivity index (χ1v) is 9.85. The van der Waals surface area contributed by atoms with Gasteiger partial charge in [0.15, 0.2) is 6.10 Å². The van der Waals surface area contributed by atoms with Gasteiger partial charge in [-0.05, 0) is 29.1 Å². The van der Waals surface area contributed by atoms with Gasteiger partial charge in [-0.3, -0.25) is 4.79 Å². The van der Waals surface area contributed by atoms with E-state index in [0.717, 1.165) is 21.8 Å². The summed E-state index contributed by atoms with van der Waals surface area (Å²) in [5.41, 5.74) is 5.36. The molecule has 1 amide bonds. The molecule has 2 N–H and O–H groups in total. The summed E-state index contributed by atoms with van der Waals surface area (Å²) in [6, 6.07) is 22.4. The Morgan fingerprint density at radius 2 is 1.79 bits per heavy atom. The number of thiophene rings is 1. The molecule has 0 aliphatic carbocycles. The van der Waals surface area contributed by atoms with Gasteiger partial charge in [-0.25, -0.2) is 10.1 Å². The SMILES string of the molecule is O=C(N/N=C/c1cn(-c2ccccc2)nc1-c1cccs1)C(O)c1ccccc1. The van der Waals surface area contributed by atoms with E-state index in [4.69, 9.17) is 0 Å². The number of para-hydroxylation sites is 1. The van der Waals surface area contributed by atoms with Crippen molar-refractivity contribution in [3.8, 4) is 16.3 Å². The number of amides is 1. The molecule has 0 aliphatic rings. The van der Waals surface area contributed by atoms with Crippen molar-refractivity contribution in [2.45, 2.75) is 6.10 Å². The number of hydrazone groups is 1. The monoisotopic (exact) mass is 402 g/mol. The molecule has 1 atom stereocenters. The molecule has 2 heterocycles. The lowest BCUT2D eigenvalue weighted by Gasteiger charge is -2.08. The Morgan fingerprint density at radius 3 is 2.48 bits per heavy atom. The molecule has 7 heteroatoms. The van der Waals surface area contributed by atoms with Gasteiger partial charge in [0.05, 0.1) is 16.8 Å². The van der Waals surface area contributed by atoms with Crippen LogP contribution in [0, 0.1) is 0 Å². The number of carbonyl (C=O) groups excluding carboxylic acids is 1. The molecule has 4 aromatic rings. The lowest BCUT2D eigenvalue weighted by molar-refractivity contribution is -0.129. The van der Waals surface area contributed by atoms with Crippen LogP contribution in [0.4, 0.5) is 0 Å². The molecule has 0 saturated heterocycles. The van der Waals surface area contributed by atoms with Crippen LogP contribution in [0.3, 0.4) is 0 Å². The van der Waals surface area contributed by atoms with Crippen molar-refractivity contribution in [2.75, 3.05) is 0 Å². The van der Waals surface area contributed by atoms with Crippen LogP contribution in [0.1, 0.15) is 17.2 Å². The molecule has 6 nitrogen and oxygen atoms in total. The molecule has 0 spiro atoms. The van der Waals surface area contributed by atoms with Crippen molar-refractivity contribution in [1.82, 2.24) is 15.2 Å². The number of benzene rings is 2. The predicted octanol–water partition coefficient (Wildman–Crippen LogP) is 3.78. The Morgan fingerprint density at radius 1 is 1.07 bits per heavy atom. The highest BCUT2D eigenvalue weighted by molar-refractivity contribution is 7.13. The quantitative estimate of drug-likeness (QED) is 0.380. The van der Waals surface area contributed by atoms with Gasteiger partial charge in [0.1, 0.15) is 5.69 Å². The number of nitrogens with zero attached hydrogens (tertiary/aromatic N) is 3. The van der Waals surface area contributed by atoms with Crippen LogP contribution in [-0.4, -0.2) is 27.0 Å². The number of carbonyl (C=O) groups is 1. The highest BCUT2D eigenvalue weighted by atomic mass is 32.1. The lowest BCUT2D eigenvalue weighted by atomic mass is 10.1. The van der Waals surface area contributed by atoms with E-state index >= 15 is 0 Å². The largest absolute Gasteiger partial charge is 0.378 e. The summed E-state index contributed by atoms with van der Waals surface area (Å²) in [5.74, 6) is -0.597. The number of hydrogen-bond donors (Lipinski definition) is 2. The van der Waals surface area contributed by atoms with Crippen molar-refractivity contribution < 1.29 is 9.90 Å². The molecule has 29 heavy (non-hydrogen) atoms. The van der Waals surface area contributed by atoms with Crippen molar-refractivity contribution in [3.63, 3.8) is 0 Å². The van der Waals surface area contributed by atoms with Crippen LogP contribution < -0.4 is 5.43 Å². The number of aromatic nitrogens is 2. The summed E-state index contributed by atoms with van der Waals surface area (Å²) in [7, 11) is 0. The average Bonchev–Trinajstić information content (AvgIpc) is 3.44. The zero-order valence-electron chi connectivity index (χ0n) is 15.3. The number of hydrogen-bond acceptors (Lipinski definition) is 5. The number of nitrogens with one attached hydrogen (secondary N) is 1. The minimum Gasteiger partial charge on any atom is -0.378 e. The molecule has 0 fully saturated rings. The molecule has 1 unspecified atom stereocenters. The summed E-state index contributed by atoms with van der Waals surface area (Å²) in [6.45, 7) is 0. The Balaban J connectivity index is 1.56. The van der Waals surface area contributed by atoms with Crippen LogP contribution in [-0.2, 0) is 4.79 Å². The van der Waals surface area contributed by atoms with Gasteiger partial charge in [-0.1, -0.05) is 54.6 Å². The third kappa shape index (κ3) is 4.31. The molecule has 0 saturated carbocycles. The van der Waals surface area contributed by atoms with Gasteiger partial charge in [0.2, 0.25) is 0 Å². The first kappa shape index (κ1) is 18.8. The van der Waals surface area contributed by atoms with Crippen molar-refractivity contribution in [3.05, 3.63) is 95.5 Å². The fourth-order valence-corrected chi connectivity index (χ4v) is 3.54. The summed E-state index contributed by atoms with van der Waals surface area (Å²) in [5, 5.41) is 20.8. The fraction of sp³-hybridized carbons (Fsp3) is 0.0455. The van der Waals surface area contributed by atoms with Gasteiger partial charge in [0, 0.05) is 11.8 Å². The Hall–Kier alpha value is -3.55. The minimum atomic E-state index is -1.28. The van der Waals surface area contributed by atoms with Gasteiger partial charge >= 0.3 is 0 Å². The maximum Gasteiger partial charge on any atom is 0.273 e. The fourth-order valence-electron chi connectivity index (χ4n) is 2.81. The van der Waals surface area contributed by atoms with Crippen LogP contribution in [0.5, 0.6) is 0 Å². The molecule has 144 valence electrons. The van der Waals surface area contributed by atoms with E-state index < -0.39 is 12.0 Å². The average molecular weight is 402 g/mol. The predicted molar refractivity (Wildman–Crippen MR) is 114 cm³/mol. The standard InChI is InChI=1S/C22H18N4O2S/c27-21(16-8-3-1-4-9-16)22(28)24-23-14-17-15-26(18-10-5-2-6-11-18)25-20(17)19-12-7-13-29-19/h1-15,21,27H,(H,24,28)/b23-14+. The first-order chi connectivity index (χ1) is 14.2. The number of aliphatic hydroxyl groups is 1. The normalized spacial score (nSPS) is 12.2. The summed E-state index contributed by atoms with van der Waals surface area (Å²) in [4.78, 5) is 13.2. The van der Waals surface area contributed by atoms with Crippen molar-refractivity contribution >= 4 is 23.5 Å².